The summed E-state index contributed by atoms with van der Waals surface area (Å²) < 4.78 is 7.29. The second-order valence-corrected chi connectivity index (χ2v) is 9.12. The Bertz CT molecular complexity index is 1180. The highest BCUT2D eigenvalue weighted by Crippen LogP contribution is 2.43. The topological polar surface area (TPSA) is 73.1 Å². The molecule has 1 saturated carbocycles. The predicted octanol–water partition coefficient (Wildman–Crippen LogP) is 3.56. The number of aromatic nitrogens is 4. The Morgan fingerprint density at radius 2 is 1.97 bits per heavy atom. The molecule has 32 heavy (non-hydrogen) atoms. The molecule has 3 aromatic rings. The van der Waals surface area contributed by atoms with Gasteiger partial charge in [-0.3, -0.25) is 4.79 Å². The van der Waals surface area contributed by atoms with Crippen molar-refractivity contribution in [2.24, 2.45) is 0 Å². The zero-order valence-corrected chi connectivity index (χ0v) is 18.3. The smallest absolute Gasteiger partial charge is 0.257 e. The Labute approximate surface area is 187 Å². The fourth-order valence-corrected chi connectivity index (χ4v) is 4.97. The molecule has 0 N–H and O–H groups in total. The summed E-state index contributed by atoms with van der Waals surface area (Å²) in [5.41, 5.74) is 6.30. The number of benzene rings is 1. The van der Waals surface area contributed by atoms with Crippen LogP contribution in [0.25, 0.3) is 17.2 Å². The summed E-state index contributed by atoms with van der Waals surface area (Å²) in [6.45, 7) is 1.31. The van der Waals surface area contributed by atoms with Gasteiger partial charge in [-0.1, -0.05) is 24.3 Å². The second kappa shape index (κ2) is 7.81. The lowest BCUT2D eigenvalue weighted by Gasteiger charge is -2.23. The number of hydrogen-bond acceptors (Lipinski definition) is 5. The maximum Gasteiger partial charge on any atom is 0.257 e. The molecule has 2 aliphatic carbocycles. The standard InChI is InChI=1S/C25H27N5O2/c1-29(19-11-12-32-15-19)24(31)21-14-27-30(23(21)17-9-10-17)25-26-13-18-7-4-6-16-5-2-3-8-20(16)22(18)28-25/h2-3,5,8,13-14,17,19H,4,6-7,9-12,15H2,1H3. The van der Waals surface area contributed by atoms with E-state index in [1.54, 1.807) is 10.9 Å². The molecule has 0 radical (unpaired) electrons. The van der Waals surface area contributed by atoms with Crippen molar-refractivity contribution in [3.05, 3.63) is 59.0 Å². The molecule has 0 bridgehead atoms. The lowest BCUT2D eigenvalue weighted by molar-refractivity contribution is 0.0710. The Morgan fingerprint density at radius 3 is 2.78 bits per heavy atom. The number of hydrogen-bond donors (Lipinski definition) is 0. The van der Waals surface area contributed by atoms with E-state index in [9.17, 15) is 4.79 Å². The van der Waals surface area contributed by atoms with Gasteiger partial charge >= 0.3 is 0 Å². The van der Waals surface area contributed by atoms with Gasteiger partial charge in [-0.25, -0.2) is 14.6 Å². The number of likely N-dealkylation sites (N-methyl/N-ethyl adjacent to an activating group) is 1. The number of fused-ring (bicyclic) bond motifs is 3. The highest BCUT2D eigenvalue weighted by molar-refractivity contribution is 5.95. The van der Waals surface area contributed by atoms with Crippen molar-refractivity contribution in [3.8, 4) is 17.2 Å². The first-order valence-electron chi connectivity index (χ1n) is 11.6. The van der Waals surface area contributed by atoms with Crippen molar-refractivity contribution in [1.29, 1.82) is 0 Å². The SMILES string of the molecule is CN(C(=O)c1cnn(-c2ncc3c(n2)-c2ccccc2CCC3)c1C1CC1)C1CCOC1. The number of nitrogens with zero attached hydrogens (tertiary/aromatic N) is 5. The first kappa shape index (κ1) is 19.6. The van der Waals surface area contributed by atoms with Crippen LogP contribution in [0, 0.1) is 0 Å². The van der Waals surface area contributed by atoms with Crippen LogP contribution in [0.4, 0.5) is 0 Å². The molecule has 1 aromatic carbocycles. The summed E-state index contributed by atoms with van der Waals surface area (Å²) in [5.74, 6) is 0.890. The van der Waals surface area contributed by atoms with Gasteiger partial charge < -0.3 is 9.64 Å². The molecule has 7 heteroatoms. The molecule has 6 rings (SSSR count). The molecule has 1 atom stereocenters. The Morgan fingerprint density at radius 1 is 1.12 bits per heavy atom. The number of carbonyl (C=O) groups is 1. The van der Waals surface area contributed by atoms with Gasteiger partial charge in [0, 0.05) is 31.3 Å². The van der Waals surface area contributed by atoms with E-state index in [-0.39, 0.29) is 11.9 Å². The van der Waals surface area contributed by atoms with Gasteiger partial charge in [0.1, 0.15) is 0 Å². The Balaban J connectivity index is 1.41. The Kier molecular flexibility index (Phi) is 4.79. The molecule has 164 valence electrons. The van der Waals surface area contributed by atoms with Crippen LogP contribution < -0.4 is 0 Å². The van der Waals surface area contributed by atoms with Crippen LogP contribution in [0.1, 0.15) is 58.8 Å². The summed E-state index contributed by atoms with van der Waals surface area (Å²) in [7, 11) is 1.87. The maximum atomic E-state index is 13.3. The lowest BCUT2D eigenvalue weighted by atomic mass is 10.0. The van der Waals surface area contributed by atoms with Crippen LogP contribution in [0.15, 0.2) is 36.7 Å². The van der Waals surface area contributed by atoms with Gasteiger partial charge in [-0.15, -0.1) is 0 Å². The van der Waals surface area contributed by atoms with E-state index in [1.165, 1.54) is 16.7 Å². The number of rotatable bonds is 4. The molecule has 0 spiro atoms. The molecule has 1 unspecified atom stereocenters. The van der Waals surface area contributed by atoms with E-state index in [4.69, 9.17) is 9.72 Å². The van der Waals surface area contributed by atoms with Crippen LogP contribution in [-0.4, -0.2) is 56.9 Å². The minimum Gasteiger partial charge on any atom is -0.379 e. The molecule has 2 aromatic heterocycles. The molecule has 3 heterocycles. The van der Waals surface area contributed by atoms with Gasteiger partial charge in [-0.05, 0) is 49.7 Å². The third kappa shape index (κ3) is 3.32. The number of aryl methyl sites for hydroxylation is 2. The Hall–Kier alpha value is -3.06. The van der Waals surface area contributed by atoms with Crippen LogP contribution in [0.5, 0.6) is 0 Å². The van der Waals surface area contributed by atoms with Crippen molar-refractivity contribution in [3.63, 3.8) is 0 Å². The molecule has 2 fully saturated rings. The quantitative estimate of drug-likeness (QED) is 0.634. The third-order valence-electron chi connectivity index (χ3n) is 6.98. The van der Waals surface area contributed by atoms with Crippen LogP contribution in [-0.2, 0) is 17.6 Å². The molecule has 1 saturated heterocycles. The average molecular weight is 430 g/mol. The normalized spacial score (nSPS) is 19.8. The van der Waals surface area contributed by atoms with Crippen molar-refractivity contribution < 1.29 is 9.53 Å². The highest BCUT2D eigenvalue weighted by Gasteiger charge is 2.36. The largest absolute Gasteiger partial charge is 0.379 e. The minimum atomic E-state index is 0.00811. The van der Waals surface area contributed by atoms with E-state index in [0.717, 1.165) is 49.9 Å². The maximum absolute atomic E-state index is 13.3. The monoisotopic (exact) mass is 429 g/mol. The second-order valence-electron chi connectivity index (χ2n) is 9.12. The molecule has 3 aliphatic rings. The molecule has 7 nitrogen and oxygen atoms in total. The third-order valence-corrected chi connectivity index (χ3v) is 6.98. The summed E-state index contributed by atoms with van der Waals surface area (Å²) >= 11 is 0. The predicted molar refractivity (Wildman–Crippen MR) is 120 cm³/mol. The first-order chi connectivity index (χ1) is 15.7. The average Bonchev–Trinajstić information content (AvgIpc) is 3.38. The van der Waals surface area contributed by atoms with E-state index < -0.39 is 0 Å². The van der Waals surface area contributed by atoms with E-state index >= 15 is 0 Å². The first-order valence-corrected chi connectivity index (χ1v) is 11.6. The number of amides is 1. The van der Waals surface area contributed by atoms with Crippen LogP contribution in [0.3, 0.4) is 0 Å². The van der Waals surface area contributed by atoms with Crippen molar-refractivity contribution in [2.45, 2.75) is 50.5 Å². The lowest BCUT2D eigenvalue weighted by Crippen LogP contribution is -2.37. The summed E-state index contributed by atoms with van der Waals surface area (Å²) in [5, 5.41) is 4.62. The summed E-state index contributed by atoms with van der Waals surface area (Å²) in [6, 6.07) is 8.62. The van der Waals surface area contributed by atoms with Crippen molar-refractivity contribution in [1.82, 2.24) is 24.6 Å². The fraction of sp³-hybridized carbons (Fsp3) is 0.440. The molecular weight excluding hydrogens is 402 g/mol. The van der Waals surface area contributed by atoms with E-state index in [2.05, 4.69) is 34.3 Å². The minimum absolute atomic E-state index is 0.00811. The van der Waals surface area contributed by atoms with Gasteiger partial charge in [0.25, 0.3) is 11.9 Å². The zero-order valence-electron chi connectivity index (χ0n) is 18.3. The molecule has 1 aliphatic heterocycles. The van der Waals surface area contributed by atoms with Gasteiger partial charge in [-0.2, -0.15) is 5.10 Å². The van der Waals surface area contributed by atoms with Crippen LogP contribution >= 0.6 is 0 Å². The zero-order chi connectivity index (χ0) is 21.7. The van der Waals surface area contributed by atoms with E-state index in [1.807, 2.05) is 18.1 Å². The summed E-state index contributed by atoms with van der Waals surface area (Å²) in [4.78, 5) is 24.8. The molecule has 1 amide bonds. The van der Waals surface area contributed by atoms with Gasteiger partial charge in [0.15, 0.2) is 0 Å². The number of carbonyl (C=O) groups excluding carboxylic acids is 1. The van der Waals surface area contributed by atoms with E-state index in [0.29, 0.717) is 30.6 Å². The highest BCUT2D eigenvalue weighted by atomic mass is 16.5. The summed E-state index contributed by atoms with van der Waals surface area (Å²) in [6.07, 6.45) is 9.77. The fourth-order valence-electron chi connectivity index (χ4n) is 4.97. The van der Waals surface area contributed by atoms with Crippen molar-refractivity contribution in [2.75, 3.05) is 20.3 Å². The number of ether oxygens (including phenoxy) is 1. The van der Waals surface area contributed by atoms with Gasteiger partial charge in [0.05, 0.1) is 35.8 Å². The molecular formula is C25H27N5O2. The van der Waals surface area contributed by atoms with Crippen molar-refractivity contribution >= 4 is 5.91 Å². The van der Waals surface area contributed by atoms with Gasteiger partial charge in [0.2, 0.25) is 0 Å². The van der Waals surface area contributed by atoms with Crippen LogP contribution in [0.2, 0.25) is 0 Å².